The highest BCUT2D eigenvalue weighted by Gasteiger charge is 2.15. The molecule has 1 aliphatic rings. The van der Waals surface area contributed by atoms with Crippen LogP contribution in [0.5, 0.6) is 0 Å². The fourth-order valence-electron chi connectivity index (χ4n) is 2.98. The Morgan fingerprint density at radius 3 is 2.78 bits per heavy atom. The third-order valence-corrected chi connectivity index (χ3v) is 5.89. The maximum absolute atomic E-state index is 5.29. The zero-order chi connectivity index (χ0) is 18.9. The first kappa shape index (κ1) is 19.7. The van der Waals surface area contributed by atoms with Crippen molar-refractivity contribution in [1.82, 2.24) is 20.8 Å². The van der Waals surface area contributed by atoms with E-state index in [4.69, 9.17) is 9.52 Å². The molecule has 1 unspecified atom stereocenters. The molecule has 1 saturated heterocycles. The van der Waals surface area contributed by atoms with Gasteiger partial charge >= 0.3 is 0 Å². The van der Waals surface area contributed by atoms with Gasteiger partial charge < -0.3 is 15.2 Å². The first-order valence-electron chi connectivity index (χ1n) is 9.84. The van der Waals surface area contributed by atoms with E-state index < -0.39 is 0 Å². The summed E-state index contributed by atoms with van der Waals surface area (Å²) >= 11 is 2.05. The smallest absolute Gasteiger partial charge is 0.257 e. The van der Waals surface area contributed by atoms with Crippen molar-refractivity contribution < 1.29 is 4.52 Å². The van der Waals surface area contributed by atoms with Crippen LogP contribution < -0.4 is 10.6 Å². The van der Waals surface area contributed by atoms with Crippen molar-refractivity contribution in [2.45, 2.75) is 44.8 Å². The highest BCUT2D eigenvalue weighted by Crippen LogP contribution is 2.26. The normalized spacial score (nSPS) is 17.3. The Kier molecular flexibility index (Phi) is 7.56. The summed E-state index contributed by atoms with van der Waals surface area (Å²) < 4.78 is 5.29. The summed E-state index contributed by atoms with van der Waals surface area (Å²) in [4.78, 5) is 9.11. The number of rotatable bonds is 8. The average molecular weight is 388 g/mol. The van der Waals surface area contributed by atoms with E-state index in [1.807, 2.05) is 30.8 Å². The number of nitrogens with zero attached hydrogens (tertiary/aromatic N) is 3. The molecule has 27 heavy (non-hydrogen) atoms. The molecule has 1 atom stereocenters. The van der Waals surface area contributed by atoms with E-state index in [0.29, 0.717) is 11.1 Å². The molecule has 1 aromatic heterocycles. The Labute approximate surface area is 165 Å². The number of aryl methyl sites for hydroxylation is 1. The van der Waals surface area contributed by atoms with Gasteiger partial charge in [-0.05, 0) is 49.6 Å². The van der Waals surface area contributed by atoms with Gasteiger partial charge in [0.2, 0.25) is 0 Å². The summed E-state index contributed by atoms with van der Waals surface area (Å²) in [5.41, 5.74) is 2.23. The minimum atomic E-state index is 0.586. The summed E-state index contributed by atoms with van der Waals surface area (Å²) in [5.74, 6) is 3.52. The van der Waals surface area contributed by atoms with Crippen molar-refractivity contribution in [2.75, 3.05) is 25.4 Å². The topological polar surface area (TPSA) is 75.3 Å². The van der Waals surface area contributed by atoms with Crippen LogP contribution in [0.2, 0.25) is 0 Å². The third-order valence-electron chi connectivity index (χ3n) is 4.51. The number of aromatic nitrogens is 2. The van der Waals surface area contributed by atoms with Gasteiger partial charge in [0.15, 0.2) is 11.8 Å². The number of nitrogens with one attached hydrogen (secondary N) is 2. The fourth-order valence-corrected chi connectivity index (χ4v) is 4.16. The molecule has 7 heteroatoms. The van der Waals surface area contributed by atoms with Crippen molar-refractivity contribution in [3.63, 3.8) is 0 Å². The van der Waals surface area contributed by atoms with Crippen molar-refractivity contribution in [1.29, 1.82) is 0 Å². The molecule has 0 saturated carbocycles. The predicted octanol–water partition coefficient (Wildman–Crippen LogP) is 3.29. The molecular weight excluding hydrogens is 358 g/mol. The fraction of sp³-hybridized carbons (Fsp3) is 0.550. The van der Waals surface area contributed by atoms with Gasteiger partial charge in [-0.2, -0.15) is 16.7 Å². The van der Waals surface area contributed by atoms with Gasteiger partial charge in [-0.15, -0.1) is 0 Å². The molecule has 2 heterocycles. The molecule has 0 aliphatic carbocycles. The molecular formula is C20H29N5OS. The second kappa shape index (κ2) is 10.3. The number of aliphatic imine (C=N–C) groups is 1. The van der Waals surface area contributed by atoms with Crippen molar-refractivity contribution in [3.05, 3.63) is 35.7 Å². The summed E-state index contributed by atoms with van der Waals surface area (Å²) in [5, 5.41) is 11.4. The van der Waals surface area contributed by atoms with Crippen molar-refractivity contribution in [3.8, 4) is 11.5 Å². The molecule has 1 fully saturated rings. The number of hydrogen-bond donors (Lipinski definition) is 2. The van der Waals surface area contributed by atoms with E-state index >= 15 is 0 Å². The van der Waals surface area contributed by atoms with Crippen LogP contribution in [-0.2, 0) is 12.8 Å². The van der Waals surface area contributed by atoms with Crippen LogP contribution in [0.15, 0.2) is 33.8 Å². The Morgan fingerprint density at radius 1 is 1.26 bits per heavy atom. The lowest BCUT2D eigenvalue weighted by Crippen LogP contribution is -2.38. The van der Waals surface area contributed by atoms with Crippen LogP contribution in [-0.4, -0.2) is 46.7 Å². The van der Waals surface area contributed by atoms with Gasteiger partial charge in [0.25, 0.3) is 5.89 Å². The molecule has 0 spiro atoms. The van der Waals surface area contributed by atoms with Crippen LogP contribution in [0.3, 0.4) is 0 Å². The molecule has 0 radical (unpaired) electrons. The van der Waals surface area contributed by atoms with E-state index in [1.165, 1.54) is 24.2 Å². The van der Waals surface area contributed by atoms with E-state index in [2.05, 4.69) is 39.8 Å². The average Bonchev–Trinajstić information content (AvgIpc) is 3.38. The van der Waals surface area contributed by atoms with Crippen LogP contribution in [0.1, 0.15) is 38.1 Å². The highest BCUT2D eigenvalue weighted by molar-refractivity contribution is 8.00. The monoisotopic (exact) mass is 387 g/mol. The quantitative estimate of drug-likeness (QED) is 0.535. The summed E-state index contributed by atoms with van der Waals surface area (Å²) in [6.07, 6.45) is 4.34. The number of guanidine groups is 1. The maximum Gasteiger partial charge on any atom is 0.257 e. The number of benzene rings is 1. The molecule has 1 aliphatic heterocycles. The van der Waals surface area contributed by atoms with Gasteiger partial charge in [0.1, 0.15) is 0 Å². The van der Waals surface area contributed by atoms with Crippen molar-refractivity contribution >= 4 is 17.7 Å². The van der Waals surface area contributed by atoms with Crippen LogP contribution in [0, 0.1) is 0 Å². The Bertz CT molecular complexity index is 722. The zero-order valence-corrected chi connectivity index (χ0v) is 17.0. The Morgan fingerprint density at radius 2 is 2.11 bits per heavy atom. The Balaban J connectivity index is 1.48. The zero-order valence-electron chi connectivity index (χ0n) is 16.2. The predicted molar refractivity (Wildman–Crippen MR) is 112 cm³/mol. The first-order chi connectivity index (χ1) is 13.3. The summed E-state index contributed by atoms with van der Waals surface area (Å²) in [6, 6.07) is 8.32. The van der Waals surface area contributed by atoms with Gasteiger partial charge in [-0.1, -0.05) is 24.2 Å². The second-order valence-electron chi connectivity index (χ2n) is 6.60. The lowest BCUT2D eigenvalue weighted by atomic mass is 10.1. The van der Waals surface area contributed by atoms with Gasteiger partial charge in [-0.3, -0.25) is 4.99 Å². The number of thioether (sulfide) groups is 1. The first-order valence-corrected chi connectivity index (χ1v) is 10.9. The molecule has 2 aromatic rings. The van der Waals surface area contributed by atoms with E-state index in [1.54, 1.807) is 0 Å². The summed E-state index contributed by atoms with van der Waals surface area (Å²) in [7, 11) is 0. The SMILES string of the molecule is CCNC(=NCC1CCCS1)NCCc1ccc(-c2nc(CC)no2)cc1. The maximum atomic E-state index is 5.29. The third kappa shape index (κ3) is 5.99. The number of hydrogen-bond acceptors (Lipinski definition) is 5. The van der Waals surface area contributed by atoms with Crippen LogP contribution >= 0.6 is 11.8 Å². The minimum absolute atomic E-state index is 0.586. The molecule has 0 bridgehead atoms. The molecule has 2 N–H and O–H groups in total. The molecule has 1 aromatic carbocycles. The highest BCUT2D eigenvalue weighted by atomic mass is 32.2. The standard InChI is InChI=1S/C20H29N5OS/c1-3-18-24-19(26-25-18)16-9-7-15(8-10-16)11-12-22-20(21-4-2)23-14-17-6-5-13-27-17/h7-10,17H,3-6,11-14H2,1-2H3,(H2,21,22,23). The molecule has 146 valence electrons. The molecule has 6 nitrogen and oxygen atoms in total. The molecule has 3 rings (SSSR count). The largest absolute Gasteiger partial charge is 0.357 e. The van der Waals surface area contributed by atoms with Gasteiger partial charge in [-0.25, -0.2) is 0 Å². The van der Waals surface area contributed by atoms with Crippen LogP contribution in [0.25, 0.3) is 11.5 Å². The minimum Gasteiger partial charge on any atom is -0.357 e. The lowest BCUT2D eigenvalue weighted by Gasteiger charge is -2.12. The van der Waals surface area contributed by atoms with E-state index in [9.17, 15) is 0 Å². The van der Waals surface area contributed by atoms with E-state index in [0.717, 1.165) is 49.8 Å². The lowest BCUT2D eigenvalue weighted by molar-refractivity contribution is 0.423. The second-order valence-corrected chi connectivity index (χ2v) is 8.01. The van der Waals surface area contributed by atoms with E-state index in [-0.39, 0.29) is 0 Å². The Hall–Kier alpha value is -2.02. The van der Waals surface area contributed by atoms with Gasteiger partial charge in [0.05, 0.1) is 6.54 Å². The molecule has 0 amide bonds. The van der Waals surface area contributed by atoms with Crippen molar-refractivity contribution in [2.24, 2.45) is 4.99 Å². The van der Waals surface area contributed by atoms with Crippen LogP contribution in [0.4, 0.5) is 0 Å². The van der Waals surface area contributed by atoms with Gasteiger partial charge in [0, 0.05) is 30.3 Å². The summed E-state index contributed by atoms with van der Waals surface area (Å²) in [6.45, 7) is 6.74.